The van der Waals surface area contributed by atoms with Crippen molar-refractivity contribution in [2.75, 3.05) is 12.4 Å². The predicted molar refractivity (Wildman–Crippen MR) is 64.5 cm³/mol. The van der Waals surface area contributed by atoms with E-state index >= 15 is 0 Å². The maximum absolute atomic E-state index is 13.7. The van der Waals surface area contributed by atoms with Crippen molar-refractivity contribution in [3.63, 3.8) is 0 Å². The van der Waals surface area contributed by atoms with Gasteiger partial charge < -0.3 is 5.32 Å². The molecule has 0 radical (unpaired) electrons. The molecule has 4 nitrogen and oxygen atoms in total. The van der Waals surface area contributed by atoms with E-state index in [2.05, 4.69) is 20.5 Å². The molecular weight excluding hydrogens is 243 g/mol. The molecule has 0 aliphatic carbocycles. The molecule has 2 aromatic rings. The Balaban J connectivity index is 2.63. The molecule has 0 spiro atoms. The summed E-state index contributed by atoms with van der Waals surface area (Å²) in [5.74, 6) is 0.574. The van der Waals surface area contributed by atoms with Gasteiger partial charge in [-0.3, -0.25) is 0 Å². The Kier molecular flexibility index (Phi) is 3.19. The Morgan fingerprint density at radius 1 is 1.29 bits per heavy atom. The van der Waals surface area contributed by atoms with E-state index in [-0.39, 0.29) is 5.56 Å². The fourth-order valence-electron chi connectivity index (χ4n) is 1.44. The molecule has 88 valence electrons. The van der Waals surface area contributed by atoms with Gasteiger partial charge in [0.2, 0.25) is 0 Å². The Labute approximate surface area is 103 Å². The molecule has 0 atom stereocenters. The van der Waals surface area contributed by atoms with Crippen molar-refractivity contribution in [3.8, 4) is 11.3 Å². The van der Waals surface area contributed by atoms with Crippen LogP contribution in [0.2, 0.25) is 5.02 Å². The average Bonchev–Trinajstić information content (AvgIpc) is 2.32. The van der Waals surface area contributed by atoms with Gasteiger partial charge in [-0.2, -0.15) is 0 Å². The molecule has 0 fully saturated rings. The highest BCUT2D eigenvalue weighted by atomic mass is 35.5. The minimum absolute atomic E-state index is 0.279. The summed E-state index contributed by atoms with van der Waals surface area (Å²) in [5.41, 5.74) is 0.625. The Morgan fingerprint density at radius 2 is 2.06 bits per heavy atom. The van der Waals surface area contributed by atoms with Crippen LogP contribution in [0, 0.1) is 12.7 Å². The van der Waals surface area contributed by atoms with Crippen molar-refractivity contribution >= 4 is 17.4 Å². The van der Waals surface area contributed by atoms with Gasteiger partial charge in [-0.05, 0) is 25.1 Å². The molecule has 1 aromatic carbocycles. The summed E-state index contributed by atoms with van der Waals surface area (Å²) in [6.45, 7) is 1.71. The quantitative estimate of drug-likeness (QED) is 0.893. The van der Waals surface area contributed by atoms with Crippen molar-refractivity contribution in [2.45, 2.75) is 6.92 Å². The Hall–Kier alpha value is -1.75. The fraction of sp³-hybridized carbons (Fsp3) is 0.182. The molecule has 0 saturated heterocycles. The van der Waals surface area contributed by atoms with Crippen molar-refractivity contribution < 1.29 is 4.39 Å². The fourth-order valence-corrected chi connectivity index (χ4v) is 1.61. The molecule has 17 heavy (non-hydrogen) atoms. The van der Waals surface area contributed by atoms with Gasteiger partial charge >= 0.3 is 0 Å². The number of aromatic nitrogens is 3. The summed E-state index contributed by atoms with van der Waals surface area (Å²) in [6, 6.07) is 4.27. The van der Waals surface area contributed by atoms with Gasteiger partial charge in [0.25, 0.3) is 0 Å². The van der Waals surface area contributed by atoms with Crippen LogP contribution in [-0.4, -0.2) is 22.2 Å². The lowest BCUT2D eigenvalue weighted by Crippen LogP contribution is -2.03. The van der Waals surface area contributed by atoms with E-state index in [1.807, 2.05) is 0 Å². The number of nitrogens with one attached hydrogen (secondary N) is 1. The third-order valence-corrected chi connectivity index (χ3v) is 2.45. The van der Waals surface area contributed by atoms with Gasteiger partial charge in [0.05, 0.1) is 0 Å². The van der Waals surface area contributed by atoms with Gasteiger partial charge in [-0.1, -0.05) is 11.6 Å². The molecule has 6 heteroatoms. The van der Waals surface area contributed by atoms with Crippen LogP contribution < -0.4 is 5.32 Å². The lowest BCUT2D eigenvalue weighted by molar-refractivity contribution is 0.630. The zero-order valence-electron chi connectivity index (χ0n) is 9.33. The van der Waals surface area contributed by atoms with Crippen LogP contribution in [0.1, 0.15) is 5.82 Å². The number of nitrogens with zero attached hydrogens (tertiary/aromatic N) is 3. The van der Waals surface area contributed by atoms with Crippen LogP contribution in [-0.2, 0) is 0 Å². The molecule has 0 unspecified atom stereocenters. The second-order valence-electron chi connectivity index (χ2n) is 3.43. The van der Waals surface area contributed by atoms with Crippen LogP contribution >= 0.6 is 11.6 Å². The molecule has 1 aromatic heterocycles. The predicted octanol–water partition coefficient (Wildman–Crippen LogP) is 2.68. The molecule has 0 aliphatic heterocycles. The number of halogens is 2. The summed E-state index contributed by atoms with van der Waals surface area (Å²) < 4.78 is 13.7. The number of hydrogen-bond acceptors (Lipinski definition) is 4. The van der Waals surface area contributed by atoms with E-state index in [1.165, 1.54) is 18.2 Å². The van der Waals surface area contributed by atoms with Crippen LogP contribution in [0.3, 0.4) is 0 Å². The van der Waals surface area contributed by atoms with Crippen LogP contribution in [0.4, 0.5) is 10.2 Å². The van der Waals surface area contributed by atoms with Gasteiger partial charge in [-0.25, -0.2) is 9.37 Å². The largest absolute Gasteiger partial charge is 0.371 e. The Bertz CT molecular complexity index is 559. The summed E-state index contributed by atoms with van der Waals surface area (Å²) in [6.07, 6.45) is 0. The second-order valence-corrected chi connectivity index (χ2v) is 3.87. The maximum Gasteiger partial charge on any atom is 0.156 e. The zero-order chi connectivity index (χ0) is 12.4. The normalized spacial score (nSPS) is 10.4. The van der Waals surface area contributed by atoms with Crippen LogP contribution in [0.25, 0.3) is 11.3 Å². The molecule has 1 N–H and O–H groups in total. The van der Waals surface area contributed by atoms with E-state index in [9.17, 15) is 4.39 Å². The smallest absolute Gasteiger partial charge is 0.156 e. The summed E-state index contributed by atoms with van der Waals surface area (Å²) >= 11 is 5.84. The van der Waals surface area contributed by atoms with E-state index in [0.29, 0.717) is 22.4 Å². The molecular formula is C11H10ClFN4. The topological polar surface area (TPSA) is 50.7 Å². The molecule has 2 rings (SSSR count). The average molecular weight is 253 g/mol. The molecule has 1 heterocycles. The SMILES string of the molecule is CNc1nc(C)nnc1-c1cc(Cl)ccc1F. The Morgan fingerprint density at radius 3 is 2.76 bits per heavy atom. The zero-order valence-corrected chi connectivity index (χ0v) is 10.1. The number of benzene rings is 1. The van der Waals surface area contributed by atoms with Crippen molar-refractivity contribution in [3.05, 3.63) is 34.9 Å². The van der Waals surface area contributed by atoms with E-state index in [0.717, 1.165) is 0 Å². The molecule has 0 bridgehead atoms. The highest BCUT2D eigenvalue weighted by Crippen LogP contribution is 2.28. The molecule has 0 amide bonds. The lowest BCUT2D eigenvalue weighted by Gasteiger charge is -2.08. The number of hydrogen-bond donors (Lipinski definition) is 1. The standard InChI is InChI=1S/C11H10ClFN4/c1-6-15-11(14-2)10(17-16-6)8-5-7(12)3-4-9(8)13/h3-5H,1-2H3,(H,14,15,16). The summed E-state index contributed by atoms with van der Waals surface area (Å²) in [4.78, 5) is 4.14. The highest BCUT2D eigenvalue weighted by Gasteiger charge is 2.13. The first-order valence-corrected chi connectivity index (χ1v) is 5.34. The third kappa shape index (κ3) is 2.34. The first-order valence-electron chi connectivity index (χ1n) is 4.96. The van der Waals surface area contributed by atoms with E-state index in [1.54, 1.807) is 14.0 Å². The van der Waals surface area contributed by atoms with E-state index < -0.39 is 5.82 Å². The van der Waals surface area contributed by atoms with Gasteiger partial charge in [0.15, 0.2) is 5.82 Å². The van der Waals surface area contributed by atoms with E-state index in [4.69, 9.17) is 11.6 Å². The summed E-state index contributed by atoms with van der Waals surface area (Å²) in [7, 11) is 1.69. The monoisotopic (exact) mass is 252 g/mol. The summed E-state index contributed by atoms with van der Waals surface area (Å²) in [5, 5.41) is 11.1. The second kappa shape index (κ2) is 4.63. The number of rotatable bonds is 2. The third-order valence-electron chi connectivity index (χ3n) is 2.21. The van der Waals surface area contributed by atoms with Crippen molar-refractivity contribution in [1.29, 1.82) is 0 Å². The minimum atomic E-state index is -0.411. The minimum Gasteiger partial charge on any atom is -0.371 e. The van der Waals surface area contributed by atoms with Gasteiger partial charge in [0, 0.05) is 17.6 Å². The number of anilines is 1. The highest BCUT2D eigenvalue weighted by molar-refractivity contribution is 6.30. The first kappa shape index (κ1) is 11.7. The van der Waals surface area contributed by atoms with Gasteiger partial charge in [0.1, 0.15) is 17.3 Å². The van der Waals surface area contributed by atoms with Crippen molar-refractivity contribution in [1.82, 2.24) is 15.2 Å². The van der Waals surface area contributed by atoms with Crippen molar-refractivity contribution in [2.24, 2.45) is 0 Å². The maximum atomic E-state index is 13.7. The van der Waals surface area contributed by atoms with Crippen LogP contribution in [0.5, 0.6) is 0 Å². The molecule has 0 aliphatic rings. The van der Waals surface area contributed by atoms with Crippen LogP contribution in [0.15, 0.2) is 18.2 Å². The number of aryl methyl sites for hydroxylation is 1. The lowest BCUT2D eigenvalue weighted by atomic mass is 10.1. The van der Waals surface area contributed by atoms with Gasteiger partial charge in [-0.15, -0.1) is 10.2 Å². The first-order chi connectivity index (χ1) is 8.11. The molecule has 0 saturated carbocycles.